The number of hydrogen-bond acceptors (Lipinski definition) is 2. The smallest absolute Gasteiger partial charge is 0.207 e. The lowest BCUT2D eigenvalue weighted by Crippen LogP contribution is -2.32. The molecule has 1 aliphatic rings. The highest BCUT2D eigenvalue weighted by Crippen LogP contribution is 2.14. The van der Waals surface area contributed by atoms with Crippen LogP contribution in [0.2, 0.25) is 0 Å². The molecule has 1 aliphatic heterocycles. The van der Waals surface area contributed by atoms with Crippen molar-refractivity contribution in [3.63, 3.8) is 0 Å². The second kappa shape index (κ2) is 5.02. The lowest BCUT2D eigenvalue weighted by molar-refractivity contribution is -0.110. The van der Waals surface area contributed by atoms with Gasteiger partial charge in [0, 0.05) is 6.54 Å². The molecule has 0 aliphatic carbocycles. The van der Waals surface area contributed by atoms with Crippen molar-refractivity contribution in [1.82, 2.24) is 10.2 Å². The third-order valence-corrected chi connectivity index (χ3v) is 2.60. The van der Waals surface area contributed by atoms with Crippen LogP contribution in [0.15, 0.2) is 12.2 Å². The zero-order chi connectivity index (χ0) is 9.68. The van der Waals surface area contributed by atoms with Crippen LogP contribution in [0.1, 0.15) is 19.8 Å². The minimum absolute atomic E-state index is 0.189. The zero-order valence-electron chi connectivity index (χ0n) is 8.25. The Morgan fingerprint density at radius 1 is 1.77 bits per heavy atom. The maximum absolute atomic E-state index is 10.3. The molecule has 0 aromatic heterocycles. The predicted molar refractivity (Wildman–Crippen MR) is 53.5 cm³/mol. The largest absolute Gasteiger partial charge is 0.352 e. The van der Waals surface area contributed by atoms with Crippen LogP contribution in [0.3, 0.4) is 0 Å². The van der Waals surface area contributed by atoms with E-state index in [1.54, 1.807) is 0 Å². The van der Waals surface area contributed by atoms with E-state index in [-0.39, 0.29) is 6.04 Å². The first-order valence-corrected chi connectivity index (χ1v) is 4.87. The summed E-state index contributed by atoms with van der Waals surface area (Å²) in [5.41, 5.74) is 1.13. The molecule has 3 nitrogen and oxygen atoms in total. The van der Waals surface area contributed by atoms with E-state index < -0.39 is 0 Å². The van der Waals surface area contributed by atoms with Crippen molar-refractivity contribution >= 4 is 6.41 Å². The van der Waals surface area contributed by atoms with E-state index in [0.717, 1.165) is 44.5 Å². The maximum Gasteiger partial charge on any atom is 0.207 e. The Bertz CT molecular complexity index is 191. The van der Waals surface area contributed by atoms with Crippen molar-refractivity contribution in [2.45, 2.75) is 25.8 Å². The molecule has 0 saturated carbocycles. The van der Waals surface area contributed by atoms with Crippen LogP contribution < -0.4 is 5.32 Å². The summed E-state index contributed by atoms with van der Waals surface area (Å²) in [5, 5.41) is 2.81. The Labute approximate surface area is 79.8 Å². The molecule has 0 bridgehead atoms. The Kier molecular flexibility index (Phi) is 3.96. The molecule has 1 rings (SSSR count). The molecule has 1 unspecified atom stereocenters. The number of nitrogens with zero attached hydrogens (tertiary/aromatic N) is 1. The third kappa shape index (κ3) is 2.84. The van der Waals surface area contributed by atoms with Gasteiger partial charge in [0.2, 0.25) is 6.41 Å². The average molecular weight is 182 g/mol. The molecule has 1 heterocycles. The van der Waals surface area contributed by atoms with Gasteiger partial charge in [-0.05, 0) is 31.5 Å². The van der Waals surface area contributed by atoms with Crippen molar-refractivity contribution in [2.24, 2.45) is 0 Å². The number of likely N-dealkylation sites (N-methyl/N-ethyl adjacent to an activating group) is 1. The summed E-state index contributed by atoms with van der Waals surface area (Å²) in [6, 6.07) is 0.189. The molecule has 0 aromatic rings. The highest BCUT2D eigenvalue weighted by atomic mass is 16.1. The number of amides is 1. The van der Waals surface area contributed by atoms with E-state index in [1.165, 1.54) is 0 Å². The van der Waals surface area contributed by atoms with Gasteiger partial charge in [0.1, 0.15) is 0 Å². The molecule has 13 heavy (non-hydrogen) atoms. The molecular weight excluding hydrogens is 164 g/mol. The Hall–Kier alpha value is -0.830. The van der Waals surface area contributed by atoms with Crippen LogP contribution in [-0.4, -0.2) is 37.0 Å². The highest BCUT2D eigenvalue weighted by molar-refractivity contribution is 5.48. The quantitative estimate of drug-likeness (QED) is 0.516. The molecule has 74 valence electrons. The number of likely N-dealkylation sites (tertiary alicyclic amines) is 1. The van der Waals surface area contributed by atoms with E-state index in [9.17, 15) is 4.79 Å². The van der Waals surface area contributed by atoms with Gasteiger partial charge < -0.3 is 5.32 Å². The molecule has 1 amide bonds. The monoisotopic (exact) mass is 182 g/mol. The van der Waals surface area contributed by atoms with Gasteiger partial charge in [0.05, 0.1) is 6.04 Å². The van der Waals surface area contributed by atoms with Gasteiger partial charge in [0.15, 0.2) is 0 Å². The van der Waals surface area contributed by atoms with Crippen molar-refractivity contribution in [3.05, 3.63) is 12.2 Å². The molecule has 1 fully saturated rings. The summed E-state index contributed by atoms with van der Waals surface area (Å²) in [5.74, 6) is 0. The van der Waals surface area contributed by atoms with E-state index in [2.05, 4.69) is 23.7 Å². The SMILES string of the molecule is C=C1CN(CC)CCCC1NC=O. The summed E-state index contributed by atoms with van der Waals surface area (Å²) >= 11 is 0. The minimum atomic E-state index is 0.189. The molecule has 1 N–H and O–H groups in total. The molecule has 1 saturated heterocycles. The van der Waals surface area contributed by atoms with Crippen LogP contribution in [0.4, 0.5) is 0 Å². The summed E-state index contributed by atoms with van der Waals surface area (Å²) < 4.78 is 0. The topological polar surface area (TPSA) is 32.3 Å². The lowest BCUT2D eigenvalue weighted by Gasteiger charge is -2.19. The van der Waals surface area contributed by atoms with Crippen molar-refractivity contribution in [1.29, 1.82) is 0 Å². The van der Waals surface area contributed by atoms with Gasteiger partial charge in [0.25, 0.3) is 0 Å². The number of rotatable bonds is 3. The Balaban J connectivity index is 2.51. The Morgan fingerprint density at radius 3 is 3.15 bits per heavy atom. The molecule has 3 heteroatoms. The summed E-state index contributed by atoms with van der Waals surface area (Å²) in [6.45, 7) is 9.26. The van der Waals surface area contributed by atoms with Crippen molar-refractivity contribution in [2.75, 3.05) is 19.6 Å². The van der Waals surface area contributed by atoms with Gasteiger partial charge in [-0.15, -0.1) is 0 Å². The van der Waals surface area contributed by atoms with E-state index >= 15 is 0 Å². The van der Waals surface area contributed by atoms with Gasteiger partial charge in [-0.1, -0.05) is 13.5 Å². The second-order valence-corrected chi connectivity index (χ2v) is 3.51. The normalized spacial score (nSPS) is 25.3. The van der Waals surface area contributed by atoms with Crippen molar-refractivity contribution < 1.29 is 4.79 Å². The summed E-state index contributed by atoms with van der Waals surface area (Å²) in [7, 11) is 0. The maximum atomic E-state index is 10.3. The molecule has 1 atom stereocenters. The van der Waals surface area contributed by atoms with Gasteiger partial charge in [-0.25, -0.2) is 0 Å². The lowest BCUT2D eigenvalue weighted by atomic mass is 10.1. The van der Waals surface area contributed by atoms with Crippen LogP contribution in [0, 0.1) is 0 Å². The van der Waals surface area contributed by atoms with Crippen LogP contribution in [0.5, 0.6) is 0 Å². The first-order valence-electron chi connectivity index (χ1n) is 4.87. The zero-order valence-corrected chi connectivity index (χ0v) is 8.25. The third-order valence-electron chi connectivity index (χ3n) is 2.60. The van der Waals surface area contributed by atoms with Gasteiger partial charge >= 0.3 is 0 Å². The standard InChI is InChI=1S/C10H18N2O/c1-3-12-6-4-5-10(11-8-13)9(2)7-12/h8,10H,2-7H2,1H3,(H,11,13). The highest BCUT2D eigenvalue weighted by Gasteiger charge is 2.18. The second-order valence-electron chi connectivity index (χ2n) is 3.51. The fraction of sp³-hybridized carbons (Fsp3) is 0.700. The first kappa shape index (κ1) is 10.3. The van der Waals surface area contributed by atoms with Crippen LogP contribution in [0.25, 0.3) is 0 Å². The van der Waals surface area contributed by atoms with Gasteiger partial charge in [-0.3, -0.25) is 9.69 Å². The van der Waals surface area contributed by atoms with E-state index in [0.29, 0.717) is 0 Å². The summed E-state index contributed by atoms with van der Waals surface area (Å²) in [6.07, 6.45) is 2.93. The predicted octanol–water partition coefficient (Wildman–Crippen LogP) is 0.773. The molecule has 0 radical (unpaired) electrons. The van der Waals surface area contributed by atoms with Gasteiger partial charge in [-0.2, -0.15) is 0 Å². The average Bonchev–Trinajstić information content (AvgIpc) is 2.30. The number of carbonyl (C=O) groups excluding carboxylic acids is 1. The van der Waals surface area contributed by atoms with Crippen LogP contribution in [-0.2, 0) is 4.79 Å². The van der Waals surface area contributed by atoms with E-state index in [4.69, 9.17) is 0 Å². The first-order chi connectivity index (χ1) is 6.27. The number of hydrogen-bond donors (Lipinski definition) is 1. The van der Waals surface area contributed by atoms with Crippen molar-refractivity contribution in [3.8, 4) is 0 Å². The summed E-state index contributed by atoms with van der Waals surface area (Å²) in [4.78, 5) is 12.7. The molecule has 0 spiro atoms. The number of nitrogens with one attached hydrogen (secondary N) is 1. The number of carbonyl (C=O) groups is 1. The fourth-order valence-electron chi connectivity index (χ4n) is 1.75. The Morgan fingerprint density at radius 2 is 2.54 bits per heavy atom. The molecule has 0 aromatic carbocycles. The van der Waals surface area contributed by atoms with Crippen LogP contribution >= 0.6 is 0 Å². The fourth-order valence-corrected chi connectivity index (χ4v) is 1.75. The minimum Gasteiger partial charge on any atom is -0.352 e. The molecular formula is C10H18N2O. The van der Waals surface area contributed by atoms with E-state index in [1.807, 2.05) is 0 Å².